The van der Waals surface area contributed by atoms with E-state index in [9.17, 15) is 0 Å². The fourth-order valence-electron chi connectivity index (χ4n) is 10.2. The number of hydrogen-bond donors (Lipinski definition) is 0. The molecule has 250 valence electrons. The van der Waals surface area contributed by atoms with Crippen LogP contribution < -0.4 is 4.90 Å². The quantitative estimate of drug-likeness (QED) is 0.179. The van der Waals surface area contributed by atoms with Crippen molar-refractivity contribution >= 4 is 17.1 Å². The van der Waals surface area contributed by atoms with Gasteiger partial charge in [0.2, 0.25) is 0 Å². The van der Waals surface area contributed by atoms with E-state index < -0.39 is 5.41 Å². The minimum Gasteiger partial charge on any atom is -0.310 e. The van der Waals surface area contributed by atoms with Gasteiger partial charge in [-0.2, -0.15) is 0 Å². The van der Waals surface area contributed by atoms with E-state index in [0.29, 0.717) is 0 Å². The van der Waals surface area contributed by atoms with Crippen molar-refractivity contribution in [3.63, 3.8) is 0 Å². The van der Waals surface area contributed by atoms with Gasteiger partial charge in [0.15, 0.2) is 0 Å². The Labute approximate surface area is 311 Å². The summed E-state index contributed by atoms with van der Waals surface area (Å²) in [5.41, 5.74) is 21.5. The second-order valence-electron chi connectivity index (χ2n) is 15.2. The monoisotopic (exact) mass is 675 g/mol. The fourth-order valence-corrected chi connectivity index (χ4v) is 10.2. The lowest BCUT2D eigenvalue weighted by atomic mass is 9.70. The normalized spacial score (nSPS) is 14.5. The minimum atomic E-state index is -0.410. The fraction of sp³-hybridized carbons (Fsp3) is 0.0769. The van der Waals surface area contributed by atoms with Crippen LogP contribution in [-0.2, 0) is 10.8 Å². The molecule has 0 atom stereocenters. The Morgan fingerprint density at radius 1 is 0.321 bits per heavy atom. The van der Waals surface area contributed by atoms with Crippen LogP contribution in [-0.4, -0.2) is 0 Å². The number of rotatable bonds is 4. The summed E-state index contributed by atoms with van der Waals surface area (Å²) in [6.07, 6.45) is 0. The Morgan fingerprint density at radius 3 is 1.36 bits per heavy atom. The number of fused-ring (bicyclic) bond motifs is 13. The van der Waals surface area contributed by atoms with E-state index in [-0.39, 0.29) is 5.41 Å². The standard InChI is InChI=1S/C52H37N/c1-51(2)44-26-11-6-22-39(44)42-24-16-25-43(50(42)51)41-23-10-15-30-49(41)53(34-17-4-3-5-18-34)35-31-32-40-38-21-9-14-29-47(38)52(48(40)33-35)45-27-12-7-19-36(45)37-20-8-13-28-46(37)52/h3-33H,1-2H3. The maximum atomic E-state index is 2.49. The second-order valence-corrected chi connectivity index (χ2v) is 15.2. The first-order valence-electron chi connectivity index (χ1n) is 18.7. The number of anilines is 3. The smallest absolute Gasteiger partial charge is 0.0726 e. The zero-order valence-corrected chi connectivity index (χ0v) is 29.8. The lowest BCUT2D eigenvalue weighted by Crippen LogP contribution is -2.26. The van der Waals surface area contributed by atoms with Crippen molar-refractivity contribution in [3.05, 3.63) is 221 Å². The average Bonchev–Trinajstić information content (AvgIpc) is 3.77. The third kappa shape index (κ3) is 3.97. The topological polar surface area (TPSA) is 3.24 Å². The second kappa shape index (κ2) is 11.0. The van der Waals surface area contributed by atoms with Gasteiger partial charge >= 0.3 is 0 Å². The summed E-state index contributed by atoms with van der Waals surface area (Å²) in [5, 5.41) is 0. The zero-order valence-electron chi connectivity index (χ0n) is 29.8. The summed E-state index contributed by atoms with van der Waals surface area (Å²) < 4.78 is 0. The maximum Gasteiger partial charge on any atom is 0.0726 e. The Kier molecular flexibility index (Phi) is 6.29. The molecule has 8 aromatic carbocycles. The van der Waals surface area contributed by atoms with Crippen molar-refractivity contribution in [3.8, 4) is 44.5 Å². The molecule has 0 heterocycles. The van der Waals surface area contributed by atoms with Crippen LogP contribution in [0.2, 0.25) is 0 Å². The van der Waals surface area contributed by atoms with Crippen LogP contribution in [0.15, 0.2) is 188 Å². The van der Waals surface area contributed by atoms with E-state index in [2.05, 4.69) is 207 Å². The van der Waals surface area contributed by atoms with E-state index in [0.717, 1.165) is 17.1 Å². The van der Waals surface area contributed by atoms with Gasteiger partial charge in [0.05, 0.1) is 11.1 Å². The minimum absolute atomic E-state index is 0.137. The Balaban J connectivity index is 1.18. The molecule has 0 N–H and O–H groups in total. The first kappa shape index (κ1) is 30.2. The summed E-state index contributed by atoms with van der Waals surface area (Å²) in [7, 11) is 0. The first-order valence-corrected chi connectivity index (χ1v) is 18.7. The molecule has 0 bridgehead atoms. The average molecular weight is 676 g/mol. The molecular formula is C52H37N. The summed E-state index contributed by atoms with van der Waals surface area (Å²) in [4.78, 5) is 2.48. The van der Waals surface area contributed by atoms with Crippen molar-refractivity contribution in [2.24, 2.45) is 0 Å². The van der Waals surface area contributed by atoms with Crippen LogP contribution in [0.1, 0.15) is 47.2 Å². The molecule has 0 fully saturated rings. The lowest BCUT2D eigenvalue weighted by molar-refractivity contribution is 0.662. The van der Waals surface area contributed by atoms with Crippen LogP contribution in [0.4, 0.5) is 17.1 Å². The van der Waals surface area contributed by atoms with Gasteiger partial charge in [0, 0.05) is 22.4 Å². The van der Waals surface area contributed by atoms with Gasteiger partial charge in [-0.05, 0) is 103 Å². The third-order valence-electron chi connectivity index (χ3n) is 12.3. The van der Waals surface area contributed by atoms with Crippen molar-refractivity contribution in [1.82, 2.24) is 0 Å². The highest BCUT2D eigenvalue weighted by Gasteiger charge is 2.51. The molecule has 0 amide bonds. The van der Waals surface area contributed by atoms with Crippen LogP contribution in [0, 0.1) is 0 Å². The largest absolute Gasteiger partial charge is 0.310 e. The SMILES string of the molecule is CC1(C)c2ccccc2-c2cccc(-c3ccccc3N(c3ccccc3)c3ccc4c(c3)C3(c5ccccc5-c5ccccc53)c3ccccc3-4)c21. The number of benzene rings is 8. The number of hydrogen-bond acceptors (Lipinski definition) is 1. The predicted molar refractivity (Wildman–Crippen MR) is 220 cm³/mol. The molecule has 0 unspecified atom stereocenters. The molecule has 1 heteroatoms. The van der Waals surface area contributed by atoms with Gasteiger partial charge < -0.3 is 4.90 Å². The van der Waals surface area contributed by atoms with Gasteiger partial charge in [-0.1, -0.05) is 172 Å². The van der Waals surface area contributed by atoms with Crippen molar-refractivity contribution in [1.29, 1.82) is 0 Å². The molecule has 0 aromatic heterocycles. The molecule has 11 rings (SSSR count). The highest BCUT2D eigenvalue weighted by atomic mass is 15.1. The molecular weight excluding hydrogens is 639 g/mol. The molecule has 1 nitrogen and oxygen atoms in total. The summed E-state index contributed by atoms with van der Waals surface area (Å²) in [5.74, 6) is 0. The summed E-state index contributed by atoms with van der Waals surface area (Å²) in [6, 6.07) is 70.1. The predicted octanol–water partition coefficient (Wildman–Crippen LogP) is 13.5. The Morgan fingerprint density at radius 2 is 0.755 bits per heavy atom. The van der Waals surface area contributed by atoms with Crippen molar-refractivity contribution in [2.45, 2.75) is 24.7 Å². The summed E-state index contributed by atoms with van der Waals surface area (Å²) in [6.45, 7) is 4.77. The molecule has 0 saturated carbocycles. The van der Waals surface area contributed by atoms with Gasteiger partial charge in [0.25, 0.3) is 0 Å². The van der Waals surface area contributed by atoms with E-state index in [4.69, 9.17) is 0 Å². The number of nitrogens with zero attached hydrogens (tertiary/aromatic N) is 1. The molecule has 0 radical (unpaired) electrons. The molecule has 0 aliphatic heterocycles. The van der Waals surface area contributed by atoms with E-state index >= 15 is 0 Å². The molecule has 0 saturated heterocycles. The molecule has 53 heavy (non-hydrogen) atoms. The van der Waals surface area contributed by atoms with Gasteiger partial charge in [-0.15, -0.1) is 0 Å². The van der Waals surface area contributed by atoms with E-state index in [1.54, 1.807) is 0 Å². The van der Waals surface area contributed by atoms with E-state index in [1.807, 2.05) is 0 Å². The van der Waals surface area contributed by atoms with Crippen LogP contribution in [0.3, 0.4) is 0 Å². The molecule has 3 aliphatic rings. The van der Waals surface area contributed by atoms with Crippen LogP contribution in [0.25, 0.3) is 44.5 Å². The maximum absolute atomic E-state index is 2.49. The lowest BCUT2D eigenvalue weighted by Gasteiger charge is -2.33. The third-order valence-corrected chi connectivity index (χ3v) is 12.3. The molecule has 8 aromatic rings. The van der Waals surface area contributed by atoms with Crippen molar-refractivity contribution in [2.75, 3.05) is 4.90 Å². The van der Waals surface area contributed by atoms with Crippen LogP contribution >= 0.6 is 0 Å². The van der Waals surface area contributed by atoms with Gasteiger partial charge in [-0.3, -0.25) is 0 Å². The zero-order chi connectivity index (χ0) is 35.3. The van der Waals surface area contributed by atoms with Crippen LogP contribution in [0.5, 0.6) is 0 Å². The van der Waals surface area contributed by atoms with Crippen molar-refractivity contribution < 1.29 is 0 Å². The van der Waals surface area contributed by atoms with Gasteiger partial charge in [-0.25, -0.2) is 0 Å². The summed E-state index contributed by atoms with van der Waals surface area (Å²) >= 11 is 0. The highest BCUT2D eigenvalue weighted by Crippen LogP contribution is 2.63. The Bertz CT molecular complexity index is 2710. The molecule has 1 spiro atoms. The highest BCUT2D eigenvalue weighted by molar-refractivity contribution is 5.98. The first-order chi connectivity index (χ1) is 26.1. The Hall–Kier alpha value is -6.44. The number of para-hydroxylation sites is 2. The van der Waals surface area contributed by atoms with Gasteiger partial charge in [0.1, 0.15) is 0 Å². The van der Waals surface area contributed by atoms with E-state index in [1.165, 1.54) is 77.9 Å². The molecule has 3 aliphatic carbocycles.